The maximum absolute atomic E-state index is 11.7. The summed E-state index contributed by atoms with van der Waals surface area (Å²) in [5, 5.41) is 9.61. The zero-order chi connectivity index (χ0) is 16.4. The Morgan fingerprint density at radius 1 is 1.30 bits per heavy atom. The van der Waals surface area contributed by atoms with E-state index in [1.165, 1.54) is 0 Å². The van der Waals surface area contributed by atoms with E-state index in [-0.39, 0.29) is 0 Å². The number of carbonyl (C=O) groups is 1. The molecule has 0 radical (unpaired) electrons. The van der Waals surface area contributed by atoms with Crippen LogP contribution in [0.25, 0.3) is 16.9 Å². The number of hydrogen-bond donors (Lipinski definition) is 1. The molecule has 0 aliphatic carbocycles. The van der Waals surface area contributed by atoms with Gasteiger partial charge in [-0.25, -0.2) is 4.98 Å². The van der Waals surface area contributed by atoms with Gasteiger partial charge < -0.3 is 14.2 Å². The quantitative estimate of drug-likeness (QED) is 0.782. The largest absolute Gasteiger partial charge is 0.497 e. The predicted octanol–water partition coefficient (Wildman–Crippen LogP) is 3.59. The van der Waals surface area contributed by atoms with E-state index in [4.69, 9.17) is 4.74 Å². The molecule has 2 aromatic heterocycles. The van der Waals surface area contributed by atoms with Crippen LogP contribution in [0.3, 0.4) is 0 Å². The molecule has 0 saturated carbocycles. The Morgan fingerprint density at radius 3 is 2.65 bits per heavy atom. The lowest BCUT2D eigenvalue weighted by Crippen LogP contribution is -2.13. The molecular weight excluding hydrogens is 292 g/mol. The lowest BCUT2D eigenvalue weighted by molar-refractivity contribution is -0.138. The molecule has 23 heavy (non-hydrogen) atoms. The summed E-state index contributed by atoms with van der Waals surface area (Å²) in [5.74, 6) is -0.770. The van der Waals surface area contributed by atoms with Crippen molar-refractivity contribution in [2.75, 3.05) is 7.11 Å². The van der Waals surface area contributed by atoms with Crippen LogP contribution in [0.2, 0.25) is 0 Å². The monoisotopic (exact) mass is 310 g/mol. The second-order valence-electron chi connectivity index (χ2n) is 5.31. The molecule has 1 atom stereocenters. The number of ether oxygens (including phenoxy) is 1. The highest BCUT2D eigenvalue weighted by molar-refractivity contribution is 5.80. The number of rotatable bonds is 5. The summed E-state index contributed by atoms with van der Waals surface area (Å²) in [6, 6.07) is 13.3. The fourth-order valence-electron chi connectivity index (χ4n) is 2.80. The smallest absolute Gasteiger partial charge is 0.312 e. The van der Waals surface area contributed by atoms with Gasteiger partial charge in [-0.2, -0.15) is 0 Å². The molecular formula is C18H18N2O3. The fourth-order valence-corrected chi connectivity index (χ4v) is 2.80. The van der Waals surface area contributed by atoms with Gasteiger partial charge in [0.15, 0.2) is 0 Å². The Hall–Kier alpha value is -2.82. The van der Waals surface area contributed by atoms with Gasteiger partial charge in [-0.15, -0.1) is 0 Å². The summed E-state index contributed by atoms with van der Waals surface area (Å²) in [4.78, 5) is 16.4. The first-order valence-corrected chi connectivity index (χ1v) is 7.50. The number of nitrogens with zero attached hydrogens (tertiary/aromatic N) is 2. The summed E-state index contributed by atoms with van der Waals surface area (Å²) < 4.78 is 7.08. The highest BCUT2D eigenvalue weighted by Crippen LogP contribution is 2.33. The van der Waals surface area contributed by atoms with Crippen LogP contribution in [-0.4, -0.2) is 27.6 Å². The minimum atomic E-state index is -0.845. The minimum Gasteiger partial charge on any atom is -0.497 e. The van der Waals surface area contributed by atoms with Gasteiger partial charge in [-0.05, 0) is 12.5 Å². The standard InChI is InChI=1S/C18H18N2O3/c1-3-14(18(21)22)17-16(12-7-5-4-6-8-12)19-15-11-13(23-2)9-10-20(15)17/h4-11,14H,3H2,1-2H3,(H,21,22). The van der Waals surface area contributed by atoms with Crippen LogP contribution in [0.15, 0.2) is 48.7 Å². The van der Waals surface area contributed by atoms with Gasteiger partial charge in [-0.1, -0.05) is 37.3 Å². The van der Waals surface area contributed by atoms with Crippen LogP contribution < -0.4 is 4.74 Å². The van der Waals surface area contributed by atoms with Crippen LogP contribution in [0.5, 0.6) is 5.75 Å². The first kappa shape index (κ1) is 15.1. The lowest BCUT2D eigenvalue weighted by Gasteiger charge is -2.12. The predicted molar refractivity (Wildman–Crippen MR) is 87.8 cm³/mol. The SMILES string of the molecule is CCC(C(=O)O)c1c(-c2ccccc2)nc2cc(OC)ccn12. The maximum Gasteiger partial charge on any atom is 0.312 e. The highest BCUT2D eigenvalue weighted by atomic mass is 16.5. The molecule has 1 aromatic carbocycles. The van der Waals surface area contributed by atoms with E-state index in [1.807, 2.05) is 60.0 Å². The van der Waals surface area contributed by atoms with E-state index < -0.39 is 11.9 Å². The van der Waals surface area contributed by atoms with Gasteiger partial charge in [0.2, 0.25) is 0 Å². The average Bonchev–Trinajstić information content (AvgIpc) is 2.94. The van der Waals surface area contributed by atoms with Crippen LogP contribution in [0, 0.1) is 0 Å². The van der Waals surface area contributed by atoms with Crippen molar-refractivity contribution in [1.82, 2.24) is 9.38 Å². The number of methoxy groups -OCH3 is 1. The Balaban J connectivity index is 2.30. The molecule has 0 saturated heterocycles. The van der Waals surface area contributed by atoms with Crippen LogP contribution >= 0.6 is 0 Å². The summed E-state index contributed by atoms with van der Waals surface area (Å²) in [5.41, 5.74) is 2.99. The van der Waals surface area contributed by atoms with Gasteiger partial charge in [0, 0.05) is 17.8 Å². The molecule has 1 unspecified atom stereocenters. The number of hydrogen-bond acceptors (Lipinski definition) is 3. The molecule has 2 heterocycles. The van der Waals surface area contributed by atoms with Crippen molar-refractivity contribution in [3.8, 4) is 17.0 Å². The summed E-state index contributed by atoms with van der Waals surface area (Å²) >= 11 is 0. The molecule has 1 N–H and O–H groups in total. The van der Waals surface area contributed by atoms with Crippen LogP contribution in [-0.2, 0) is 4.79 Å². The number of fused-ring (bicyclic) bond motifs is 1. The Morgan fingerprint density at radius 2 is 2.04 bits per heavy atom. The topological polar surface area (TPSA) is 63.8 Å². The molecule has 0 bridgehead atoms. The number of aliphatic carboxylic acids is 1. The van der Waals surface area contributed by atoms with Crippen molar-refractivity contribution < 1.29 is 14.6 Å². The molecule has 5 heteroatoms. The van der Waals surface area contributed by atoms with Crippen molar-refractivity contribution in [3.05, 3.63) is 54.4 Å². The normalized spacial score (nSPS) is 12.3. The van der Waals surface area contributed by atoms with Gasteiger partial charge in [0.05, 0.1) is 24.4 Å². The van der Waals surface area contributed by atoms with Gasteiger partial charge >= 0.3 is 5.97 Å². The van der Waals surface area contributed by atoms with Gasteiger partial charge in [0.25, 0.3) is 0 Å². The molecule has 0 amide bonds. The molecule has 0 aliphatic heterocycles. The Labute approximate surface area is 134 Å². The average molecular weight is 310 g/mol. The third-order valence-corrected chi connectivity index (χ3v) is 3.95. The van der Waals surface area contributed by atoms with Crippen LogP contribution in [0.4, 0.5) is 0 Å². The van der Waals surface area contributed by atoms with Crippen molar-refractivity contribution in [2.45, 2.75) is 19.3 Å². The van der Waals surface area contributed by atoms with E-state index >= 15 is 0 Å². The molecule has 3 rings (SSSR count). The number of carboxylic acid groups (broad SMARTS) is 1. The summed E-state index contributed by atoms with van der Waals surface area (Å²) in [6.07, 6.45) is 2.31. The third-order valence-electron chi connectivity index (χ3n) is 3.95. The second kappa shape index (κ2) is 6.12. The van der Waals surface area contributed by atoms with Gasteiger partial charge in [0.1, 0.15) is 11.4 Å². The van der Waals surface area contributed by atoms with Crippen molar-refractivity contribution in [1.29, 1.82) is 0 Å². The molecule has 0 fully saturated rings. The van der Waals surface area contributed by atoms with Gasteiger partial charge in [-0.3, -0.25) is 4.79 Å². The third kappa shape index (κ3) is 2.65. The van der Waals surface area contributed by atoms with E-state index in [1.54, 1.807) is 7.11 Å². The minimum absolute atomic E-state index is 0.495. The Bertz CT molecular complexity index is 840. The molecule has 0 spiro atoms. The Kier molecular flexibility index (Phi) is 4.02. The maximum atomic E-state index is 11.7. The zero-order valence-electron chi connectivity index (χ0n) is 13.1. The highest BCUT2D eigenvalue weighted by Gasteiger charge is 2.26. The zero-order valence-corrected chi connectivity index (χ0v) is 13.1. The van der Waals surface area contributed by atoms with Crippen LogP contribution in [0.1, 0.15) is 25.0 Å². The molecule has 5 nitrogen and oxygen atoms in total. The molecule has 0 aliphatic rings. The molecule has 3 aromatic rings. The number of pyridine rings is 1. The van der Waals surface area contributed by atoms with Crippen molar-refractivity contribution in [2.24, 2.45) is 0 Å². The number of imidazole rings is 1. The first-order valence-electron chi connectivity index (χ1n) is 7.50. The summed E-state index contributed by atoms with van der Waals surface area (Å²) in [7, 11) is 1.60. The van der Waals surface area contributed by atoms with Crippen molar-refractivity contribution in [3.63, 3.8) is 0 Å². The van der Waals surface area contributed by atoms with E-state index in [0.29, 0.717) is 29.2 Å². The van der Waals surface area contributed by atoms with E-state index in [0.717, 1.165) is 5.56 Å². The summed E-state index contributed by atoms with van der Waals surface area (Å²) in [6.45, 7) is 1.87. The second-order valence-corrected chi connectivity index (χ2v) is 5.31. The number of benzene rings is 1. The van der Waals surface area contributed by atoms with E-state index in [9.17, 15) is 9.90 Å². The first-order chi connectivity index (χ1) is 11.2. The number of carboxylic acids is 1. The molecule has 118 valence electrons. The fraction of sp³-hybridized carbons (Fsp3) is 0.222. The van der Waals surface area contributed by atoms with E-state index in [2.05, 4.69) is 4.98 Å². The van der Waals surface area contributed by atoms with Crippen molar-refractivity contribution >= 4 is 11.6 Å². The number of aromatic nitrogens is 2. The lowest BCUT2D eigenvalue weighted by atomic mass is 9.97.